The summed E-state index contributed by atoms with van der Waals surface area (Å²) in [4.78, 5) is 0.0512. The van der Waals surface area contributed by atoms with Crippen molar-refractivity contribution in [3.63, 3.8) is 0 Å². The van der Waals surface area contributed by atoms with Crippen LogP contribution < -0.4 is 0 Å². The number of rotatable bonds is 12. The van der Waals surface area contributed by atoms with Crippen LogP contribution >= 0.6 is 22.6 Å². The van der Waals surface area contributed by atoms with Crippen molar-refractivity contribution in [3.05, 3.63) is 29.8 Å². The number of alkyl halides is 1. The molecule has 0 aliphatic rings. The van der Waals surface area contributed by atoms with Gasteiger partial charge in [-0.05, 0) is 18.1 Å². The average molecular weight is 452 g/mol. The van der Waals surface area contributed by atoms with Gasteiger partial charge in [-0.15, -0.1) is 0 Å². The molecule has 1 unspecified atom stereocenters. The summed E-state index contributed by atoms with van der Waals surface area (Å²) in [7, 11) is -4.13. The molecular formula is C18H29IO3S. The molecule has 1 atom stereocenters. The van der Waals surface area contributed by atoms with Crippen LogP contribution in [0.5, 0.6) is 0 Å². The maximum atomic E-state index is 11.4. The number of benzene rings is 1. The fourth-order valence-electron chi connectivity index (χ4n) is 2.76. The third-order valence-corrected chi connectivity index (χ3v) is 6.32. The molecule has 1 aromatic rings. The van der Waals surface area contributed by atoms with E-state index in [4.69, 9.17) is 0 Å². The normalized spacial score (nSPS) is 13.2. The Morgan fingerprint density at radius 2 is 1.48 bits per heavy atom. The van der Waals surface area contributed by atoms with Gasteiger partial charge in [0, 0.05) is 3.92 Å². The van der Waals surface area contributed by atoms with Crippen molar-refractivity contribution in [1.29, 1.82) is 0 Å². The van der Waals surface area contributed by atoms with Gasteiger partial charge in [0.15, 0.2) is 0 Å². The minimum Gasteiger partial charge on any atom is -0.282 e. The third-order valence-electron chi connectivity index (χ3n) is 4.10. The average Bonchev–Trinajstić information content (AvgIpc) is 2.52. The molecule has 0 bridgehead atoms. The topological polar surface area (TPSA) is 54.4 Å². The standard InChI is InChI=1S/C18H29IO3S/c1-2-3-4-5-6-7-8-9-10-14-17(19)16-13-11-12-15-18(16)23(20,21)22/h11-13,15,17H,2-10,14H2,1H3,(H,20,21,22). The van der Waals surface area contributed by atoms with E-state index in [1.54, 1.807) is 12.1 Å². The molecule has 132 valence electrons. The van der Waals surface area contributed by atoms with Gasteiger partial charge in [-0.25, -0.2) is 0 Å². The van der Waals surface area contributed by atoms with Crippen molar-refractivity contribution >= 4 is 32.7 Å². The molecule has 0 spiro atoms. The lowest BCUT2D eigenvalue weighted by molar-refractivity contribution is 0.481. The van der Waals surface area contributed by atoms with Crippen LogP contribution in [0.15, 0.2) is 29.2 Å². The molecule has 23 heavy (non-hydrogen) atoms. The van der Waals surface area contributed by atoms with Crippen molar-refractivity contribution < 1.29 is 13.0 Å². The Bertz CT molecular complexity index is 543. The molecule has 0 saturated carbocycles. The van der Waals surface area contributed by atoms with Crippen molar-refractivity contribution in [2.75, 3.05) is 0 Å². The molecule has 0 saturated heterocycles. The van der Waals surface area contributed by atoms with Gasteiger partial charge < -0.3 is 0 Å². The maximum absolute atomic E-state index is 11.4. The summed E-state index contributed by atoms with van der Waals surface area (Å²) in [6, 6.07) is 6.75. The van der Waals surface area contributed by atoms with Crippen LogP contribution in [0, 0.1) is 0 Å². The molecule has 0 heterocycles. The van der Waals surface area contributed by atoms with Gasteiger partial charge in [0.25, 0.3) is 10.1 Å². The first kappa shape index (κ1) is 20.9. The van der Waals surface area contributed by atoms with Crippen molar-refractivity contribution in [3.8, 4) is 0 Å². The summed E-state index contributed by atoms with van der Waals surface area (Å²) in [5.41, 5.74) is 0.718. The Kier molecular flexibility index (Phi) is 10.4. The number of unbranched alkanes of at least 4 members (excludes halogenated alkanes) is 8. The minimum atomic E-state index is -4.13. The number of hydrogen-bond donors (Lipinski definition) is 1. The first-order valence-corrected chi connectivity index (χ1v) is 11.4. The summed E-state index contributed by atoms with van der Waals surface area (Å²) in [5, 5.41) is 0. The molecule has 0 aliphatic heterocycles. The molecule has 3 nitrogen and oxygen atoms in total. The second kappa shape index (κ2) is 11.4. The van der Waals surface area contributed by atoms with Crippen molar-refractivity contribution in [2.45, 2.75) is 80.0 Å². The third kappa shape index (κ3) is 8.49. The lowest BCUT2D eigenvalue weighted by Crippen LogP contribution is -2.04. The highest BCUT2D eigenvalue weighted by molar-refractivity contribution is 14.1. The van der Waals surface area contributed by atoms with Gasteiger partial charge >= 0.3 is 0 Å². The molecule has 1 aromatic carbocycles. The predicted octanol–water partition coefficient (Wildman–Crippen LogP) is 6.33. The molecule has 1 rings (SSSR count). The van der Waals surface area contributed by atoms with Crippen LogP contribution in [0.3, 0.4) is 0 Å². The molecule has 0 amide bonds. The van der Waals surface area contributed by atoms with Gasteiger partial charge in [0.05, 0.1) is 4.90 Å². The van der Waals surface area contributed by atoms with Crippen LogP contribution in [0.1, 0.15) is 80.6 Å². The van der Waals surface area contributed by atoms with E-state index in [9.17, 15) is 13.0 Å². The fraction of sp³-hybridized carbons (Fsp3) is 0.667. The van der Waals surface area contributed by atoms with E-state index >= 15 is 0 Å². The van der Waals surface area contributed by atoms with Crippen LogP contribution in [-0.2, 0) is 10.1 Å². The Morgan fingerprint density at radius 3 is 2.04 bits per heavy atom. The molecule has 5 heteroatoms. The van der Waals surface area contributed by atoms with Crippen LogP contribution in [-0.4, -0.2) is 13.0 Å². The van der Waals surface area contributed by atoms with E-state index in [1.165, 1.54) is 57.4 Å². The summed E-state index contributed by atoms with van der Waals surface area (Å²) < 4.78 is 32.3. The van der Waals surface area contributed by atoms with Gasteiger partial charge in [-0.2, -0.15) is 8.42 Å². The van der Waals surface area contributed by atoms with Crippen LogP contribution in [0.25, 0.3) is 0 Å². The Labute approximate surface area is 155 Å². The van der Waals surface area contributed by atoms with Crippen molar-refractivity contribution in [2.24, 2.45) is 0 Å². The zero-order valence-corrected chi connectivity index (χ0v) is 17.0. The number of hydrogen-bond acceptors (Lipinski definition) is 2. The summed E-state index contributed by atoms with van der Waals surface area (Å²) in [6.45, 7) is 2.24. The van der Waals surface area contributed by atoms with E-state index in [2.05, 4.69) is 29.5 Å². The second-order valence-corrected chi connectivity index (χ2v) is 8.99. The highest BCUT2D eigenvalue weighted by atomic mass is 127. The lowest BCUT2D eigenvalue weighted by atomic mass is 10.0. The van der Waals surface area contributed by atoms with Crippen LogP contribution in [0.2, 0.25) is 0 Å². The zero-order chi connectivity index (χ0) is 17.1. The first-order valence-electron chi connectivity index (χ1n) is 8.67. The molecule has 0 fully saturated rings. The second-order valence-electron chi connectivity index (χ2n) is 6.10. The van der Waals surface area contributed by atoms with Crippen molar-refractivity contribution in [1.82, 2.24) is 0 Å². The van der Waals surface area contributed by atoms with E-state index in [1.807, 2.05) is 6.07 Å². The largest absolute Gasteiger partial charge is 0.294 e. The van der Waals surface area contributed by atoms with Gasteiger partial charge in [0.1, 0.15) is 0 Å². The summed E-state index contributed by atoms with van der Waals surface area (Å²) >= 11 is 2.28. The highest BCUT2D eigenvalue weighted by Crippen LogP contribution is 2.33. The zero-order valence-electron chi connectivity index (χ0n) is 14.0. The molecule has 1 N–H and O–H groups in total. The van der Waals surface area contributed by atoms with E-state index in [0.717, 1.165) is 18.4 Å². The van der Waals surface area contributed by atoms with E-state index < -0.39 is 10.1 Å². The number of halogens is 1. The summed E-state index contributed by atoms with van der Waals surface area (Å²) in [5.74, 6) is 0. The molecule has 0 aliphatic carbocycles. The van der Waals surface area contributed by atoms with E-state index in [0.29, 0.717) is 0 Å². The fourth-order valence-corrected chi connectivity index (χ4v) is 4.72. The molecular weight excluding hydrogens is 423 g/mol. The smallest absolute Gasteiger partial charge is 0.282 e. The predicted molar refractivity (Wildman–Crippen MR) is 105 cm³/mol. The minimum absolute atomic E-state index is 0.0512. The SMILES string of the molecule is CCCCCCCCCCCC(I)c1ccccc1S(=O)(=O)O. The quantitative estimate of drug-likeness (QED) is 0.175. The Balaban J connectivity index is 2.29. The Hall–Kier alpha value is -0.140. The van der Waals surface area contributed by atoms with Crippen LogP contribution in [0.4, 0.5) is 0 Å². The van der Waals surface area contributed by atoms with Gasteiger partial charge in [-0.3, -0.25) is 4.55 Å². The molecule has 0 radical (unpaired) electrons. The monoisotopic (exact) mass is 452 g/mol. The van der Waals surface area contributed by atoms with Gasteiger partial charge in [-0.1, -0.05) is 106 Å². The summed E-state index contributed by atoms with van der Waals surface area (Å²) in [6.07, 6.45) is 12.5. The van der Waals surface area contributed by atoms with E-state index in [-0.39, 0.29) is 8.82 Å². The maximum Gasteiger partial charge on any atom is 0.294 e. The molecule has 0 aromatic heterocycles. The lowest BCUT2D eigenvalue weighted by Gasteiger charge is -2.13. The van der Waals surface area contributed by atoms with Gasteiger partial charge in [0.2, 0.25) is 0 Å². The Morgan fingerprint density at radius 1 is 0.957 bits per heavy atom. The highest BCUT2D eigenvalue weighted by Gasteiger charge is 2.19. The first-order chi connectivity index (χ1) is 11.0.